The molecule has 2 rings (SSSR count). The number of hydrogen-bond acceptors (Lipinski definition) is 1. The zero-order valence-electron chi connectivity index (χ0n) is 10.1. The molecule has 2 aromatic rings. The van der Waals surface area contributed by atoms with E-state index in [-0.39, 0.29) is 17.3 Å². The molecule has 0 aliphatic carbocycles. The summed E-state index contributed by atoms with van der Waals surface area (Å²) in [6.07, 6.45) is 0. The molecule has 0 aliphatic rings. The van der Waals surface area contributed by atoms with Crippen molar-refractivity contribution in [1.29, 1.82) is 0 Å². The van der Waals surface area contributed by atoms with Crippen LogP contribution in [0.25, 0.3) is 0 Å². The Morgan fingerprint density at radius 2 is 1.79 bits per heavy atom. The lowest BCUT2D eigenvalue weighted by Crippen LogP contribution is -2.05. The Morgan fingerprint density at radius 1 is 1.05 bits per heavy atom. The topological polar surface area (TPSA) is 12.0 Å². The average Bonchev–Trinajstić information content (AvgIpc) is 2.39. The first-order valence-corrected chi connectivity index (χ1v) is 6.00. The lowest BCUT2D eigenvalue weighted by atomic mass is 10.1. The summed E-state index contributed by atoms with van der Waals surface area (Å²) >= 11 is 5.77. The molecule has 100 valence electrons. The summed E-state index contributed by atoms with van der Waals surface area (Å²) in [6.45, 7) is 1.57. The Morgan fingerprint density at radius 3 is 2.53 bits per heavy atom. The second kappa shape index (κ2) is 5.53. The van der Waals surface area contributed by atoms with E-state index in [0.29, 0.717) is 11.1 Å². The number of benzene rings is 2. The normalized spacial score (nSPS) is 10.6. The molecule has 0 aliphatic heterocycles. The van der Waals surface area contributed by atoms with Crippen LogP contribution in [0.5, 0.6) is 0 Å². The zero-order valence-corrected chi connectivity index (χ0v) is 10.9. The minimum atomic E-state index is -0.698. The molecule has 5 heteroatoms. The molecule has 0 atom stereocenters. The molecule has 0 fully saturated rings. The van der Waals surface area contributed by atoms with Gasteiger partial charge in [0.1, 0.15) is 17.3 Å². The molecular weight excluding hydrogens is 275 g/mol. The van der Waals surface area contributed by atoms with Crippen molar-refractivity contribution in [3.8, 4) is 0 Å². The maximum Gasteiger partial charge on any atom is 0.152 e. The Kier molecular flexibility index (Phi) is 4.00. The Labute approximate surface area is 114 Å². The molecule has 0 amide bonds. The smallest absolute Gasteiger partial charge is 0.152 e. The van der Waals surface area contributed by atoms with Gasteiger partial charge < -0.3 is 5.32 Å². The van der Waals surface area contributed by atoms with Crippen LogP contribution in [-0.4, -0.2) is 0 Å². The molecule has 0 unspecified atom stereocenters. The minimum absolute atomic E-state index is 0.0356. The molecule has 2 aromatic carbocycles. The fraction of sp³-hybridized carbons (Fsp3) is 0.143. The van der Waals surface area contributed by atoms with Crippen LogP contribution in [0.3, 0.4) is 0 Å². The van der Waals surface area contributed by atoms with E-state index in [1.807, 2.05) is 0 Å². The molecule has 0 aromatic heterocycles. The predicted molar refractivity (Wildman–Crippen MR) is 69.8 cm³/mol. The van der Waals surface area contributed by atoms with Crippen LogP contribution in [0.1, 0.15) is 11.1 Å². The molecular formula is C14H11ClF3N. The average molecular weight is 286 g/mol. The van der Waals surface area contributed by atoms with Gasteiger partial charge >= 0.3 is 0 Å². The van der Waals surface area contributed by atoms with Gasteiger partial charge in [0.2, 0.25) is 0 Å². The van der Waals surface area contributed by atoms with E-state index in [1.165, 1.54) is 31.2 Å². The molecule has 0 bridgehead atoms. The Balaban J connectivity index is 2.24. The molecule has 0 saturated carbocycles. The van der Waals surface area contributed by atoms with Crippen LogP contribution in [0.2, 0.25) is 5.02 Å². The van der Waals surface area contributed by atoms with Gasteiger partial charge in [-0.3, -0.25) is 0 Å². The summed E-state index contributed by atoms with van der Waals surface area (Å²) < 4.78 is 40.5. The van der Waals surface area contributed by atoms with Crippen molar-refractivity contribution in [3.63, 3.8) is 0 Å². The number of rotatable bonds is 3. The lowest BCUT2D eigenvalue weighted by Gasteiger charge is -2.11. The molecule has 0 spiro atoms. The van der Waals surface area contributed by atoms with Crippen molar-refractivity contribution < 1.29 is 13.2 Å². The molecule has 1 N–H and O–H groups in total. The first-order valence-electron chi connectivity index (χ1n) is 5.62. The van der Waals surface area contributed by atoms with Gasteiger partial charge in [-0.15, -0.1) is 0 Å². The lowest BCUT2D eigenvalue weighted by molar-refractivity contribution is 0.582. The highest BCUT2D eigenvalue weighted by atomic mass is 35.5. The number of halogens is 4. The number of aryl methyl sites for hydroxylation is 1. The molecule has 0 radical (unpaired) electrons. The van der Waals surface area contributed by atoms with E-state index < -0.39 is 17.5 Å². The molecule has 19 heavy (non-hydrogen) atoms. The van der Waals surface area contributed by atoms with Gasteiger partial charge in [-0.2, -0.15) is 0 Å². The van der Waals surface area contributed by atoms with Crippen LogP contribution in [0, 0.1) is 24.4 Å². The summed E-state index contributed by atoms with van der Waals surface area (Å²) in [6, 6.07) is 6.82. The zero-order chi connectivity index (χ0) is 14.0. The third-order valence-corrected chi connectivity index (χ3v) is 3.19. The van der Waals surface area contributed by atoms with Gasteiger partial charge in [0.25, 0.3) is 0 Å². The quantitative estimate of drug-likeness (QED) is 0.863. The minimum Gasteiger partial charge on any atom is -0.376 e. The second-order valence-electron chi connectivity index (χ2n) is 4.12. The highest BCUT2D eigenvalue weighted by Crippen LogP contribution is 2.24. The van der Waals surface area contributed by atoms with Gasteiger partial charge in [-0.1, -0.05) is 29.8 Å². The number of nitrogens with one attached hydrogen (secondary N) is 1. The number of anilines is 1. The van der Waals surface area contributed by atoms with Crippen molar-refractivity contribution in [2.45, 2.75) is 13.5 Å². The predicted octanol–water partition coefficient (Wildman–Crippen LogP) is 4.68. The van der Waals surface area contributed by atoms with Gasteiger partial charge in [0.15, 0.2) is 5.82 Å². The van der Waals surface area contributed by atoms with Gasteiger partial charge in [-0.05, 0) is 30.2 Å². The fourth-order valence-electron chi connectivity index (χ4n) is 1.69. The molecule has 0 heterocycles. The Bertz CT molecular complexity index is 614. The van der Waals surface area contributed by atoms with Crippen molar-refractivity contribution in [1.82, 2.24) is 0 Å². The van der Waals surface area contributed by atoms with E-state index in [4.69, 9.17) is 11.6 Å². The van der Waals surface area contributed by atoms with E-state index in [9.17, 15) is 13.2 Å². The third kappa shape index (κ3) is 2.84. The van der Waals surface area contributed by atoms with Crippen molar-refractivity contribution in [3.05, 3.63) is 63.9 Å². The van der Waals surface area contributed by atoms with Crippen molar-refractivity contribution >= 4 is 17.3 Å². The third-order valence-electron chi connectivity index (χ3n) is 2.77. The van der Waals surface area contributed by atoms with Gasteiger partial charge in [0, 0.05) is 6.54 Å². The molecule has 0 saturated heterocycles. The molecule has 1 nitrogen and oxygen atoms in total. The highest BCUT2D eigenvalue weighted by molar-refractivity contribution is 6.31. The first-order chi connectivity index (χ1) is 9.00. The maximum absolute atomic E-state index is 13.7. The van der Waals surface area contributed by atoms with Gasteiger partial charge in [-0.25, -0.2) is 13.2 Å². The summed E-state index contributed by atoms with van der Waals surface area (Å²) in [5.41, 5.74) is 0.525. The van der Waals surface area contributed by atoms with Crippen LogP contribution >= 0.6 is 11.6 Å². The standard InChI is InChI=1S/C14H11ClF3N/c1-8-5-6-11(17)14(13(8)18)19-7-9-3-2-4-10(16)12(9)15/h2-6,19H,7H2,1H3. The largest absolute Gasteiger partial charge is 0.376 e. The van der Waals surface area contributed by atoms with Crippen LogP contribution in [0.4, 0.5) is 18.9 Å². The van der Waals surface area contributed by atoms with Crippen LogP contribution in [0.15, 0.2) is 30.3 Å². The van der Waals surface area contributed by atoms with E-state index in [1.54, 1.807) is 6.07 Å². The number of hydrogen-bond donors (Lipinski definition) is 1. The van der Waals surface area contributed by atoms with E-state index >= 15 is 0 Å². The first kappa shape index (κ1) is 13.7. The van der Waals surface area contributed by atoms with Gasteiger partial charge in [0.05, 0.1) is 5.02 Å². The maximum atomic E-state index is 13.7. The van der Waals surface area contributed by atoms with Crippen LogP contribution in [-0.2, 0) is 6.54 Å². The summed E-state index contributed by atoms with van der Waals surface area (Å²) in [4.78, 5) is 0. The summed E-state index contributed by atoms with van der Waals surface area (Å²) in [5.74, 6) is -1.92. The van der Waals surface area contributed by atoms with E-state index in [2.05, 4.69) is 5.32 Å². The fourth-order valence-corrected chi connectivity index (χ4v) is 1.88. The Hall–Kier alpha value is -1.68. The highest BCUT2D eigenvalue weighted by Gasteiger charge is 2.12. The van der Waals surface area contributed by atoms with E-state index in [0.717, 1.165) is 0 Å². The van der Waals surface area contributed by atoms with Crippen LogP contribution < -0.4 is 5.32 Å². The second-order valence-corrected chi connectivity index (χ2v) is 4.50. The summed E-state index contributed by atoms with van der Waals surface area (Å²) in [7, 11) is 0. The van der Waals surface area contributed by atoms with Crippen molar-refractivity contribution in [2.24, 2.45) is 0 Å². The summed E-state index contributed by atoms with van der Waals surface area (Å²) in [5, 5.41) is 2.55. The SMILES string of the molecule is Cc1ccc(F)c(NCc2cccc(F)c2Cl)c1F. The van der Waals surface area contributed by atoms with Crippen molar-refractivity contribution in [2.75, 3.05) is 5.32 Å². The monoisotopic (exact) mass is 285 g/mol.